The van der Waals surface area contributed by atoms with E-state index in [9.17, 15) is 9.59 Å². The van der Waals surface area contributed by atoms with Crippen molar-refractivity contribution in [1.82, 2.24) is 5.16 Å². The molecule has 0 radical (unpaired) electrons. The zero-order chi connectivity index (χ0) is 15.9. The molecule has 2 aromatic rings. The second kappa shape index (κ2) is 5.85. The SMILES string of the molecule is CCOC(=O)c1noc(-c2c(C)csc2Cl)c1C(=O)C1CC1. The van der Waals surface area contributed by atoms with Gasteiger partial charge in [-0.25, -0.2) is 4.79 Å². The number of rotatable bonds is 5. The van der Waals surface area contributed by atoms with Gasteiger partial charge in [0.25, 0.3) is 0 Å². The van der Waals surface area contributed by atoms with Gasteiger partial charge < -0.3 is 9.26 Å². The maximum Gasteiger partial charge on any atom is 0.361 e. The molecule has 0 saturated heterocycles. The largest absolute Gasteiger partial charge is 0.461 e. The Morgan fingerprint density at radius 1 is 1.50 bits per heavy atom. The van der Waals surface area contributed by atoms with Crippen LogP contribution in [-0.2, 0) is 4.74 Å². The Kier molecular flexibility index (Phi) is 4.06. The highest BCUT2D eigenvalue weighted by molar-refractivity contribution is 7.15. The number of ketones is 1. The first-order chi connectivity index (χ1) is 10.5. The van der Waals surface area contributed by atoms with Crippen molar-refractivity contribution in [3.05, 3.63) is 26.5 Å². The number of aryl methyl sites for hydroxylation is 1. The Morgan fingerprint density at radius 3 is 2.77 bits per heavy atom. The molecule has 0 aliphatic heterocycles. The first-order valence-corrected chi connectivity index (χ1v) is 8.25. The van der Waals surface area contributed by atoms with Gasteiger partial charge >= 0.3 is 5.97 Å². The van der Waals surface area contributed by atoms with Crippen LogP contribution in [0.25, 0.3) is 11.3 Å². The molecule has 7 heteroatoms. The number of halogens is 1. The lowest BCUT2D eigenvalue weighted by molar-refractivity contribution is 0.0511. The number of thiophene rings is 1. The van der Waals surface area contributed by atoms with Gasteiger partial charge in [0.05, 0.1) is 12.2 Å². The fraction of sp³-hybridized carbons (Fsp3) is 0.400. The number of hydrogen-bond acceptors (Lipinski definition) is 6. The van der Waals surface area contributed by atoms with Gasteiger partial charge in [0.15, 0.2) is 11.5 Å². The van der Waals surface area contributed by atoms with E-state index in [0.717, 1.165) is 18.4 Å². The average molecular weight is 340 g/mol. The van der Waals surface area contributed by atoms with Crippen molar-refractivity contribution in [3.63, 3.8) is 0 Å². The fourth-order valence-electron chi connectivity index (χ4n) is 2.26. The number of carbonyl (C=O) groups excluding carboxylic acids is 2. The van der Waals surface area contributed by atoms with Gasteiger partial charge in [-0.05, 0) is 37.6 Å². The molecule has 1 aliphatic rings. The summed E-state index contributed by atoms with van der Waals surface area (Å²) >= 11 is 7.55. The highest BCUT2D eigenvalue weighted by Gasteiger charge is 2.38. The van der Waals surface area contributed by atoms with Crippen LogP contribution in [0.15, 0.2) is 9.90 Å². The number of hydrogen-bond donors (Lipinski definition) is 0. The summed E-state index contributed by atoms with van der Waals surface area (Å²) in [5.74, 6) is -0.570. The van der Waals surface area contributed by atoms with E-state index in [1.54, 1.807) is 6.92 Å². The molecule has 1 fully saturated rings. The summed E-state index contributed by atoms with van der Waals surface area (Å²) in [6.07, 6.45) is 1.64. The summed E-state index contributed by atoms with van der Waals surface area (Å²) in [5.41, 5.74) is 1.64. The van der Waals surface area contributed by atoms with Crippen LogP contribution in [0.5, 0.6) is 0 Å². The number of Topliss-reactive ketones (excluding diaryl/α,β-unsaturated/α-hetero) is 1. The quantitative estimate of drug-likeness (QED) is 0.605. The molecule has 1 aliphatic carbocycles. The van der Waals surface area contributed by atoms with Crippen LogP contribution in [0.3, 0.4) is 0 Å². The highest BCUT2D eigenvalue weighted by Crippen LogP contribution is 2.42. The van der Waals surface area contributed by atoms with Crippen LogP contribution in [0.4, 0.5) is 0 Å². The molecule has 2 heterocycles. The van der Waals surface area contributed by atoms with Gasteiger partial charge in [-0.1, -0.05) is 16.8 Å². The van der Waals surface area contributed by atoms with Crippen molar-refractivity contribution in [2.45, 2.75) is 26.7 Å². The van der Waals surface area contributed by atoms with Gasteiger partial charge in [-0.3, -0.25) is 4.79 Å². The molecular weight excluding hydrogens is 326 g/mol. The zero-order valence-electron chi connectivity index (χ0n) is 12.1. The lowest BCUT2D eigenvalue weighted by Crippen LogP contribution is -2.13. The summed E-state index contributed by atoms with van der Waals surface area (Å²) in [5, 5.41) is 5.65. The summed E-state index contributed by atoms with van der Waals surface area (Å²) < 4.78 is 10.8. The van der Waals surface area contributed by atoms with E-state index in [4.69, 9.17) is 20.9 Å². The standard InChI is InChI=1S/C15H14ClNO4S/c1-3-20-15(19)11-10(12(18)8-4-5-8)13(21-17-11)9-7(2)6-22-14(9)16/h6,8H,3-5H2,1-2H3. The van der Waals surface area contributed by atoms with E-state index in [1.165, 1.54) is 11.3 Å². The van der Waals surface area contributed by atoms with Crippen LogP contribution in [0.1, 0.15) is 46.2 Å². The second-order valence-electron chi connectivity index (χ2n) is 5.16. The van der Waals surface area contributed by atoms with Crippen LogP contribution in [0, 0.1) is 12.8 Å². The molecular formula is C15H14ClNO4S. The zero-order valence-corrected chi connectivity index (χ0v) is 13.7. The van der Waals surface area contributed by atoms with Crippen LogP contribution in [0.2, 0.25) is 4.34 Å². The molecule has 0 bridgehead atoms. The Bertz CT molecular complexity index is 725. The molecule has 2 aromatic heterocycles. The highest BCUT2D eigenvalue weighted by atomic mass is 35.5. The lowest BCUT2D eigenvalue weighted by Gasteiger charge is -2.03. The monoisotopic (exact) mass is 339 g/mol. The van der Waals surface area contributed by atoms with Crippen molar-refractivity contribution < 1.29 is 18.8 Å². The molecule has 116 valence electrons. The van der Waals surface area contributed by atoms with Gasteiger partial charge in [0.1, 0.15) is 9.90 Å². The Morgan fingerprint density at radius 2 is 2.23 bits per heavy atom. The van der Waals surface area contributed by atoms with E-state index in [2.05, 4.69) is 5.16 Å². The molecule has 3 rings (SSSR count). The number of nitrogens with zero attached hydrogens (tertiary/aromatic N) is 1. The second-order valence-corrected chi connectivity index (χ2v) is 6.64. The van der Waals surface area contributed by atoms with Gasteiger partial charge in [0.2, 0.25) is 5.69 Å². The first-order valence-electron chi connectivity index (χ1n) is 6.99. The number of aromatic nitrogens is 1. The van der Waals surface area contributed by atoms with Crippen molar-refractivity contribution >= 4 is 34.7 Å². The van der Waals surface area contributed by atoms with E-state index in [0.29, 0.717) is 9.90 Å². The van der Waals surface area contributed by atoms with Gasteiger partial charge in [0, 0.05) is 5.92 Å². The van der Waals surface area contributed by atoms with E-state index >= 15 is 0 Å². The van der Waals surface area contributed by atoms with E-state index < -0.39 is 5.97 Å². The minimum Gasteiger partial charge on any atom is -0.461 e. The van der Waals surface area contributed by atoms with E-state index in [-0.39, 0.29) is 35.3 Å². The van der Waals surface area contributed by atoms with Crippen LogP contribution in [-0.4, -0.2) is 23.5 Å². The minimum atomic E-state index is -0.648. The van der Waals surface area contributed by atoms with E-state index in [1.807, 2.05) is 12.3 Å². The maximum atomic E-state index is 12.6. The summed E-state index contributed by atoms with van der Waals surface area (Å²) in [6, 6.07) is 0. The molecule has 22 heavy (non-hydrogen) atoms. The minimum absolute atomic E-state index is 0.0598. The molecule has 0 unspecified atom stereocenters. The predicted molar refractivity (Wildman–Crippen MR) is 82.6 cm³/mol. The fourth-order valence-corrected chi connectivity index (χ4v) is 3.40. The van der Waals surface area contributed by atoms with Crippen LogP contribution < -0.4 is 0 Å². The summed E-state index contributed by atoms with van der Waals surface area (Å²) in [7, 11) is 0. The molecule has 0 spiro atoms. The number of ether oxygens (including phenoxy) is 1. The Labute approximate surface area is 136 Å². The maximum absolute atomic E-state index is 12.6. The van der Waals surface area contributed by atoms with Crippen molar-refractivity contribution in [1.29, 1.82) is 0 Å². The molecule has 0 aromatic carbocycles. The Hall–Kier alpha value is -1.66. The number of esters is 1. The van der Waals surface area contributed by atoms with Crippen molar-refractivity contribution in [3.8, 4) is 11.3 Å². The topological polar surface area (TPSA) is 69.4 Å². The summed E-state index contributed by atoms with van der Waals surface area (Å²) in [4.78, 5) is 24.6. The molecule has 0 N–H and O–H groups in total. The predicted octanol–water partition coefficient (Wildman–Crippen LogP) is 4.13. The summed E-state index contributed by atoms with van der Waals surface area (Å²) in [6.45, 7) is 3.77. The molecule has 5 nitrogen and oxygen atoms in total. The number of carbonyl (C=O) groups is 2. The first kappa shape index (κ1) is 15.2. The third-order valence-corrected chi connectivity index (χ3v) is 4.85. The molecule has 1 saturated carbocycles. The normalized spacial score (nSPS) is 14.1. The van der Waals surface area contributed by atoms with Gasteiger partial charge in [-0.15, -0.1) is 11.3 Å². The average Bonchev–Trinajstić information content (AvgIpc) is 3.17. The van der Waals surface area contributed by atoms with Crippen molar-refractivity contribution in [2.24, 2.45) is 5.92 Å². The van der Waals surface area contributed by atoms with Gasteiger partial charge in [-0.2, -0.15) is 0 Å². The third-order valence-electron chi connectivity index (χ3n) is 3.51. The smallest absolute Gasteiger partial charge is 0.361 e. The van der Waals surface area contributed by atoms with Crippen molar-refractivity contribution in [2.75, 3.05) is 6.61 Å². The van der Waals surface area contributed by atoms with Crippen LogP contribution >= 0.6 is 22.9 Å². The third kappa shape index (κ3) is 2.57. The Balaban J connectivity index is 2.14. The molecule has 0 atom stereocenters. The molecule has 0 amide bonds. The lowest BCUT2D eigenvalue weighted by atomic mass is 10.00.